The van der Waals surface area contributed by atoms with Crippen LogP contribution >= 0.6 is 11.6 Å². The van der Waals surface area contributed by atoms with E-state index in [0.29, 0.717) is 61.3 Å². The first-order chi connectivity index (χ1) is 28.4. The van der Waals surface area contributed by atoms with Gasteiger partial charge in [-0.25, -0.2) is 0 Å². The Morgan fingerprint density at radius 1 is 0.850 bits per heavy atom. The summed E-state index contributed by atoms with van der Waals surface area (Å²) in [5, 5.41) is 28.1. The number of unbranched alkanes of at least 4 members (excludes halogenated alkanes) is 1. The molecule has 2 aromatic carbocycles. The highest BCUT2D eigenvalue weighted by Crippen LogP contribution is 2.65. The first-order valence-corrected chi connectivity index (χ1v) is 21.6. The third-order valence-corrected chi connectivity index (χ3v) is 13.6. The fraction of sp³-hybridized carbons (Fsp3) is 0.605. The lowest BCUT2D eigenvalue weighted by Crippen LogP contribution is -2.65. The van der Waals surface area contributed by atoms with Gasteiger partial charge < -0.3 is 52.0 Å². The summed E-state index contributed by atoms with van der Waals surface area (Å²) in [7, 11) is -0.647. The van der Waals surface area contributed by atoms with Crippen molar-refractivity contribution in [3.63, 3.8) is 0 Å². The highest BCUT2D eigenvalue weighted by Gasteiger charge is 2.68. The minimum atomic E-state index is -1.46. The molecule has 3 aliphatic carbocycles. The van der Waals surface area contributed by atoms with Crippen molar-refractivity contribution in [2.45, 2.75) is 122 Å². The molecule has 2 bridgehead atoms. The van der Waals surface area contributed by atoms with Crippen LogP contribution < -0.4 is 37.6 Å². The molecule has 326 valence electrons. The molecule has 10 atom stereocenters. The molecule has 0 spiro atoms. The number of hydrogen-bond acceptors (Lipinski definition) is 10. The second-order valence-electron chi connectivity index (χ2n) is 17.9. The molecule has 2 aromatic rings. The van der Waals surface area contributed by atoms with Crippen LogP contribution in [0.5, 0.6) is 0 Å². The average molecular weight is 850 g/mol. The molecule has 10 unspecified atom stereocenters. The molecule has 2 heterocycles. The van der Waals surface area contributed by atoms with Gasteiger partial charge in [0, 0.05) is 29.6 Å². The molecular weight excluding hydrogens is 789 g/mol. The lowest BCUT2D eigenvalue weighted by Gasteiger charge is -2.64. The fourth-order valence-corrected chi connectivity index (χ4v) is 9.33. The fourth-order valence-electron chi connectivity index (χ4n) is 9.21. The van der Waals surface area contributed by atoms with Crippen LogP contribution in [-0.4, -0.2) is 109 Å². The molecular formula is C43H61BClN7O8. The van der Waals surface area contributed by atoms with E-state index in [0.717, 1.165) is 24.0 Å². The van der Waals surface area contributed by atoms with Crippen molar-refractivity contribution in [2.75, 3.05) is 19.6 Å². The Balaban J connectivity index is 1.04. The van der Waals surface area contributed by atoms with Gasteiger partial charge in [-0.05, 0) is 119 Å². The van der Waals surface area contributed by atoms with E-state index in [4.69, 9.17) is 26.6 Å². The van der Waals surface area contributed by atoms with Crippen LogP contribution in [0.15, 0.2) is 48.5 Å². The van der Waals surface area contributed by atoms with Crippen molar-refractivity contribution < 1.29 is 38.4 Å². The van der Waals surface area contributed by atoms with Gasteiger partial charge in [0.05, 0.1) is 23.8 Å². The van der Waals surface area contributed by atoms with Gasteiger partial charge in [0.15, 0.2) is 0 Å². The Bertz CT molecular complexity index is 1880. The number of halogens is 1. The first-order valence-electron chi connectivity index (χ1n) is 21.2. The van der Waals surface area contributed by atoms with Crippen LogP contribution in [-0.2, 0) is 28.5 Å². The second kappa shape index (κ2) is 18.9. The summed E-state index contributed by atoms with van der Waals surface area (Å²) < 4.78 is 12.9. The van der Waals surface area contributed by atoms with E-state index >= 15 is 0 Å². The first kappa shape index (κ1) is 45.5. The molecule has 2 saturated heterocycles. The second-order valence-corrected chi connectivity index (χ2v) is 18.3. The summed E-state index contributed by atoms with van der Waals surface area (Å²) in [4.78, 5) is 67.8. The highest BCUT2D eigenvalue weighted by atomic mass is 35.5. The van der Waals surface area contributed by atoms with Crippen LogP contribution in [0.3, 0.4) is 0 Å². The van der Waals surface area contributed by atoms with E-state index in [-0.39, 0.29) is 17.4 Å². The molecule has 60 heavy (non-hydrogen) atoms. The highest BCUT2D eigenvalue weighted by molar-refractivity contribution is 6.47. The van der Waals surface area contributed by atoms with Crippen molar-refractivity contribution in [3.8, 4) is 11.1 Å². The largest absolute Gasteiger partial charge is 0.481 e. The van der Waals surface area contributed by atoms with Crippen molar-refractivity contribution in [3.05, 3.63) is 59.1 Å². The molecule has 17 heteroatoms. The van der Waals surface area contributed by atoms with Gasteiger partial charge in [-0.3, -0.25) is 24.0 Å². The van der Waals surface area contributed by atoms with Crippen LogP contribution in [0.2, 0.25) is 5.02 Å². The molecule has 2 aliphatic heterocycles. The quantitative estimate of drug-likeness (QED) is 0.0806. The van der Waals surface area contributed by atoms with Gasteiger partial charge in [0.1, 0.15) is 24.2 Å². The summed E-state index contributed by atoms with van der Waals surface area (Å²) >= 11 is 6.02. The number of carbonyl (C=O) groups is 5. The number of benzene rings is 2. The van der Waals surface area contributed by atoms with Gasteiger partial charge in [-0.15, -0.1) is 0 Å². The van der Waals surface area contributed by atoms with Gasteiger partial charge in [-0.1, -0.05) is 49.7 Å². The number of carbonyl (C=O) groups excluding carboxylic acids is 5. The maximum absolute atomic E-state index is 13.7. The molecule has 9 N–H and O–H groups in total. The van der Waals surface area contributed by atoms with Crippen LogP contribution in [0.1, 0.15) is 84.0 Å². The predicted octanol–water partition coefficient (Wildman–Crippen LogP) is 2.08. The number of aliphatic hydroxyl groups is 1. The molecule has 5 fully saturated rings. The maximum atomic E-state index is 13.7. The third kappa shape index (κ3) is 9.84. The van der Waals surface area contributed by atoms with E-state index in [1.165, 1.54) is 13.8 Å². The van der Waals surface area contributed by atoms with Gasteiger partial charge in [0.2, 0.25) is 23.6 Å². The Labute approximate surface area is 357 Å². The number of hydrogen-bond donors (Lipinski definition) is 8. The number of amides is 5. The monoisotopic (exact) mass is 849 g/mol. The van der Waals surface area contributed by atoms with Crippen molar-refractivity contribution in [1.29, 1.82) is 0 Å². The summed E-state index contributed by atoms with van der Waals surface area (Å²) in [6.45, 7) is 12.6. The van der Waals surface area contributed by atoms with Crippen molar-refractivity contribution in [1.82, 2.24) is 31.9 Å². The Morgan fingerprint density at radius 3 is 2.08 bits per heavy atom. The van der Waals surface area contributed by atoms with Crippen molar-refractivity contribution in [2.24, 2.45) is 28.9 Å². The number of rotatable bonds is 18. The molecule has 5 aliphatic rings. The van der Waals surface area contributed by atoms with E-state index in [2.05, 4.69) is 52.7 Å². The Kier molecular flexibility index (Phi) is 14.3. The van der Waals surface area contributed by atoms with E-state index in [9.17, 15) is 29.1 Å². The zero-order chi connectivity index (χ0) is 43.5. The molecule has 7 rings (SSSR count). The molecule has 3 saturated carbocycles. The molecule has 5 amide bonds. The minimum absolute atomic E-state index is 0.0526. The van der Waals surface area contributed by atoms with Crippen LogP contribution in [0.4, 0.5) is 0 Å². The summed E-state index contributed by atoms with van der Waals surface area (Å²) in [6.07, 6.45) is 2.11. The standard InChI is InChI=1S/C43H61BClN7O8/c1-23(37(54)50-32(9-7-8-18-46)39(56)49-25(3)44-59-34-20-30-19-33(42(30,4)5)43(34,6)60-44)48-40(57)35(24(2)53)51-41(58)36(29-21-47-22-29)52-38(55)28-12-10-26(11-13-28)27-14-16-31(45)17-15-27/h10-17,23-25,29-30,32-36,47,53H,7-9,18-22,46H2,1-6H3,(H,48,57)(H,49,56)(H,50,54)(H,51,58)(H,52,55). The zero-order valence-corrected chi connectivity index (χ0v) is 36.1. The van der Waals surface area contributed by atoms with E-state index < -0.39 is 78.5 Å². The lowest BCUT2D eigenvalue weighted by molar-refractivity contribution is -0.199. The van der Waals surface area contributed by atoms with Crippen LogP contribution in [0, 0.1) is 23.2 Å². The number of nitrogens with one attached hydrogen (secondary N) is 6. The van der Waals surface area contributed by atoms with Crippen molar-refractivity contribution >= 4 is 48.3 Å². The summed E-state index contributed by atoms with van der Waals surface area (Å²) in [5.74, 6) is -2.87. The average Bonchev–Trinajstić information content (AvgIpc) is 3.56. The lowest BCUT2D eigenvalue weighted by atomic mass is 9.43. The number of nitrogens with two attached hydrogens (primary N) is 1. The molecule has 0 radical (unpaired) electrons. The smallest absolute Gasteiger partial charge is 0.404 e. The third-order valence-electron chi connectivity index (χ3n) is 13.3. The van der Waals surface area contributed by atoms with Gasteiger partial charge >= 0.3 is 7.12 Å². The Morgan fingerprint density at radius 2 is 1.50 bits per heavy atom. The molecule has 15 nitrogen and oxygen atoms in total. The maximum Gasteiger partial charge on any atom is 0.481 e. The SMILES string of the molecule is CC(NC(=O)C(CCCCN)NC(=O)C(C)NC(=O)C(NC(=O)C(NC(=O)c1ccc(-c2ccc(Cl)cc2)cc1)C1CNC1)C(C)O)B1OC2CC3CC(C3(C)C)C2(C)O1. The summed E-state index contributed by atoms with van der Waals surface area (Å²) in [5.41, 5.74) is 7.59. The minimum Gasteiger partial charge on any atom is -0.404 e. The Hall–Kier alpha value is -4.06. The normalized spacial score (nSPS) is 25.8. The van der Waals surface area contributed by atoms with Crippen LogP contribution in [0.25, 0.3) is 11.1 Å². The predicted molar refractivity (Wildman–Crippen MR) is 228 cm³/mol. The summed E-state index contributed by atoms with van der Waals surface area (Å²) in [6, 6.07) is 9.64. The molecule has 0 aromatic heterocycles. The van der Waals surface area contributed by atoms with E-state index in [1.807, 2.05) is 19.1 Å². The zero-order valence-electron chi connectivity index (χ0n) is 35.4. The number of aliphatic hydroxyl groups excluding tert-OH is 1. The topological polar surface area (TPSA) is 222 Å². The van der Waals surface area contributed by atoms with E-state index in [1.54, 1.807) is 36.4 Å². The van der Waals surface area contributed by atoms with Gasteiger partial charge in [0.25, 0.3) is 5.91 Å². The van der Waals surface area contributed by atoms with Gasteiger partial charge in [-0.2, -0.15) is 0 Å².